The Morgan fingerprint density at radius 2 is 1.81 bits per heavy atom. The molecule has 0 atom stereocenters. The lowest BCUT2D eigenvalue weighted by Crippen LogP contribution is -2.29. The van der Waals surface area contributed by atoms with Crippen molar-refractivity contribution in [2.75, 3.05) is 11.4 Å². The summed E-state index contributed by atoms with van der Waals surface area (Å²) in [6.45, 7) is 2.12. The number of rotatable bonds is 1. The first-order chi connectivity index (χ1) is 10.2. The van der Waals surface area contributed by atoms with E-state index in [0.717, 1.165) is 11.1 Å². The largest absolute Gasteiger partial charge is 0.300 e. The Morgan fingerprint density at radius 3 is 2.57 bits per heavy atom. The molecule has 0 bridgehead atoms. The van der Waals surface area contributed by atoms with E-state index in [0.29, 0.717) is 11.3 Å². The van der Waals surface area contributed by atoms with Crippen molar-refractivity contribution in [3.05, 3.63) is 65.2 Å². The van der Waals surface area contributed by atoms with Gasteiger partial charge in [0.05, 0.1) is 17.8 Å². The van der Waals surface area contributed by atoms with Gasteiger partial charge in [-0.2, -0.15) is 0 Å². The normalized spacial score (nSPS) is 12.9. The number of benzene rings is 2. The van der Waals surface area contributed by atoms with Crippen LogP contribution in [0.25, 0.3) is 0 Å². The van der Waals surface area contributed by atoms with E-state index in [2.05, 4.69) is 11.8 Å². The predicted octanol–water partition coefficient (Wildman–Crippen LogP) is 2.58. The molecule has 3 heteroatoms. The Balaban J connectivity index is 1.86. The number of hydrogen-bond donors (Lipinski definition) is 0. The first-order valence-electron chi connectivity index (χ1n) is 6.67. The molecule has 21 heavy (non-hydrogen) atoms. The monoisotopic (exact) mass is 275 g/mol. The van der Waals surface area contributed by atoms with Crippen LogP contribution in [0.1, 0.15) is 21.5 Å². The van der Waals surface area contributed by atoms with Gasteiger partial charge in [-0.1, -0.05) is 41.7 Å². The van der Waals surface area contributed by atoms with Crippen molar-refractivity contribution >= 4 is 17.4 Å². The molecule has 1 amide bonds. The van der Waals surface area contributed by atoms with Crippen molar-refractivity contribution in [3.63, 3.8) is 0 Å². The highest BCUT2D eigenvalue weighted by atomic mass is 16.2. The fourth-order valence-corrected chi connectivity index (χ4v) is 2.31. The molecule has 0 saturated carbocycles. The summed E-state index contributed by atoms with van der Waals surface area (Å²) in [7, 11) is 0. The second-order valence-corrected chi connectivity index (χ2v) is 4.91. The van der Waals surface area contributed by atoms with E-state index in [1.807, 2.05) is 43.3 Å². The third kappa shape index (κ3) is 2.44. The van der Waals surface area contributed by atoms with Gasteiger partial charge in [0.25, 0.3) is 11.7 Å². The van der Waals surface area contributed by atoms with Crippen LogP contribution in [0.15, 0.2) is 48.5 Å². The van der Waals surface area contributed by atoms with Crippen LogP contribution in [0.5, 0.6) is 0 Å². The zero-order valence-corrected chi connectivity index (χ0v) is 11.6. The Bertz CT molecular complexity index is 782. The summed E-state index contributed by atoms with van der Waals surface area (Å²) in [6, 6.07) is 15.0. The molecule has 2 aromatic rings. The van der Waals surface area contributed by atoms with Crippen molar-refractivity contribution < 1.29 is 9.59 Å². The minimum absolute atomic E-state index is 0.218. The van der Waals surface area contributed by atoms with Gasteiger partial charge in [0.1, 0.15) is 0 Å². The summed E-state index contributed by atoms with van der Waals surface area (Å²) in [5, 5.41) is 0. The second-order valence-electron chi connectivity index (χ2n) is 4.91. The highest BCUT2D eigenvalue weighted by molar-refractivity contribution is 6.52. The van der Waals surface area contributed by atoms with Crippen LogP contribution >= 0.6 is 0 Å². The van der Waals surface area contributed by atoms with Gasteiger partial charge in [-0.15, -0.1) is 0 Å². The average Bonchev–Trinajstić information content (AvgIpc) is 2.73. The summed E-state index contributed by atoms with van der Waals surface area (Å²) >= 11 is 0. The third-order valence-corrected chi connectivity index (χ3v) is 3.37. The number of nitrogens with zero attached hydrogens (tertiary/aromatic N) is 1. The lowest BCUT2D eigenvalue weighted by molar-refractivity contribution is -0.114. The molecule has 3 rings (SSSR count). The van der Waals surface area contributed by atoms with E-state index in [1.165, 1.54) is 4.90 Å². The fraction of sp³-hybridized carbons (Fsp3) is 0.111. The fourth-order valence-electron chi connectivity index (χ4n) is 2.31. The number of amides is 1. The number of carbonyl (C=O) groups is 2. The van der Waals surface area contributed by atoms with Gasteiger partial charge in [0.2, 0.25) is 0 Å². The minimum Gasteiger partial charge on any atom is -0.293 e. The molecule has 2 aromatic carbocycles. The number of anilines is 1. The molecule has 0 saturated heterocycles. The SMILES string of the molecule is Cc1ccc2c(c1)C(=O)C(=O)N2CC#Cc1ccccc1. The molecular formula is C18H13NO2. The Kier molecular flexibility index (Phi) is 3.29. The maximum absolute atomic E-state index is 12.0. The Hall–Kier alpha value is -2.86. The second kappa shape index (κ2) is 5.26. The van der Waals surface area contributed by atoms with Gasteiger partial charge in [0, 0.05) is 5.56 Å². The van der Waals surface area contributed by atoms with Crippen molar-refractivity contribution in [2.24, 2.45) is 0 Å². The van der Waals surface area contributed by atoms with Gasteiger partial charge in [-0.3, -0.25) is 14.5 Å². The first kappa shape index (κ1) is 13.1. The maximum Gasteiger partial charge on any atom is 0.300 e. The smallest absolute Gasteiger partial charge is 0.293 e. The molecule has 0 unspecified atom stereocenters. The van der Waals surface area contributed by atoms with Crippen LogP contribution < -0.4 is 4.90 Å². The number of fused-ring (bicyclic) bond motifs is 1. The minimum atomic E-state index is -0.502. The van der Waals surface area contributed by atoms with Crippen LogP contribution in [-0.2, 0) is 4.79 Å². The Morgan fingerprint density at radius 1 is 1.05 bits per heavy atom. The van der Waals surface area contributed by atoms with Crippen molar-refractivity contribution in [1.82, 2.24) is 0 Å². The van der Waals surface area contributed by atoms with E-state index in [1.54, 1.807) is 12.1 Å². The van der Waals surface area contributed by atoms with Crippen LogP contribution in [0.4, 0.5) is 5.69 Å². The zero-order chi connectivity index (χ0) is 14.8. The number of hydrogen-bond acceptors (Lipinski definition) is 2. The van der Waals surface area contributed by atoms with Crippen LogP contribution in [0.2, 0.25) is 0 Å². The average molecular weight is 275 g/mol. The van der Waals surface area contributed by atoms with Crippen molar-refractivity contribution in [3.8, 4) is 11.8 Å². The molecule has 0 aliphatic carbocycles. The van der Waals surface area contributed by atoms with Gasteiger partial charge in [-0.25, -0.2) is 0 Å². The van der Waals surface area contributed by atoms with E-state index < -0.39 is 11.7 Å². The first-order valence-corrected chi connectivity index (χ1v) is 6.67. The number of carbonyl (C=O) groups excluding carboxylic acids is 2. The molecule has 1 aliphatic rings. The van der Waals surface area contributed by atoms with Gasteiger partial charge >= 0.3 is 0 Å². The van der Waals surface area contributed by atoms with Crippen LogP contribution in [0.3, 0.4) is 0 Å². The summed E-state index contributed by atoms with van der Waals surface area (Å²) < 4.78 is 0. The Labute approximate surface area is 123 Å². The predicted molar refractivity (Wildman–Crippen MR) is 81.2 cm³/mol. The molecule has 0 N–H and O–H groups in total. The molecule has 0 spiro atoms. The van der Waals surface area contributed by atoms with E-state index in [-0.39, 0.29) is 6.54 Å². The number of aryl methyl sites for hydroxylation is 1. The number of Topliss-reactive ketones (excluding diaryl/α,β-unsaturated/α-hetero) is 1. The molecule has 0 radical (unpaired) electrons. The third-order valence-electron chi connectivity index (χ3n) is 3.37. The zero-order valence-electron chi connectivity index (χ0n) is 11.6. The topological polar surface area (TPSA) is 37.4 Å². The van der Waals surface area contributed by atoms with Gasteiger partial charge < -0.3 is 0 Å². The maximum atomic E-state index is 12.0. The molecule has 102 valence electrons. The van der Waals surface area contributed by atoms with Crippen LogP contribution in [-0.4, -0.2) is 18.2 Å². The summed E-state index contributed by atoms with van der Waals surface area (Å²) in [6.07, 6.45) is 0. The van der Waals surface area contributed by atoms with Crippen LogP contribution in [0, 0.1) is 18.8 Å². The van der Waals surface area contributed by atoms with E-state index >= 15 is 0 Å². The quantitative estimate of drug-likeness (QED) is 0.592. The standard InChI is InChI=1S/C18H13NO2/c1-13-9-10-16-15(12-13)17(20)18(21)19(16)11-5-8-14-6-3-2-4-7-14/h2-4,6-7,9-10,12H,11H2,1H3. The molecule has 1 heterocycles. The molecular weight excluding hydrogens is 262 g/mol. The van der Waals surface area contributed by atoms with Crippen molar-refractivity contribution in [1.29, 1.82) is 0 Å². The van der Waals surface area contributed by atoms with Crippen molar-refractivity contribution in [2.45, 2.75) is 6.92 Å². The lowest BCUT2D eigenvalue weighted by atomic mass is 10.1. The molecule has 0 aromatic heterocycles. The molecule has 3 nitrogen and oxygen atoms in total. The highest BCUT2D eigenvalue weighted by Gasteiger charge is 2.35. The summed E-state index contributed by atoms with van der Waals surface area (Å²) in [4.78, 5) is 25.4. The number of ketones is 1. The van der Waals surface area contributed by atoms with E-state index in [4.69, 9.17) is 0 Å². The summed E-state index contributed by atoms with van der Waals surface area (Å²) in [5.74, 6) is 5.00. The molecule has 1 aliphatic heterocycles. The lowest BCUT2D eigenvalue weighted by Gasteiger charge is -2.12. The van der Waals surface area contributed by atoms with Gasteiger partial charge in [0.15, 0.2) is 0 Å². The summed E-state index contributed by atoms with van der Waals surface area (Å²) in [5.41, 5.74) is 2.98. The highest BCUT2D eigenvalue weighted by Crippen LogP contribution is 2.29. The van der Waals surface area contributed by atoms with Gasteiger partial charge in [-0.05, 0) is 31.2 Å². The molecule has 0 fully saturated rings. The van der Waals surface area contributed by atoms with E-state index in [9.17, 15) is 9.59 Å².